The van der Waals surface area contributed by atoms with Crippen molar-refractivity contribution in [1.29, 1.82) is 5.26 Å². The number of hydrogen-bond acceptors (Lipinski definition) is 6. The number of nitrogens with one attached hydrogen (secondary N) is 1. The molecule has 0 saturated carbocycles. The molecule has 0 amide bonds. The Balaban J connectivity index is 1.72. The van der Waals surface area contributed by atoms with Crippen LogP contribution < -0.4 is 5.32 Å². The molecule has 0 radical (unpaired) electrons. The van der Waals surface area contributed by atoms with Gasteiger partial charge in [0.15, 0.2) is 0 Å². The summed E-state index contributed by atoms with van der Waals surface area (Å²) in [6.45, 7) is 4.76. The largest absolute Gasteiger partial charge is 0.383 e. The Labute approximate surface area is 153 Å². The first-order chi connectivity index (χ1) is 12.4. The van der Waals surface area contributed by atoms with Crippen LogP contribution in [0.2, 0.25) is 0 Å². The van der Waals surface area contributed by atoms with Crippen molar-refractivity contribution in [2.75, 3.05) is 30.7 Å². The molecule has 2 heterocycles. The second-order valence-corrected chi connectivity index (χ2v) is 8.59. The molecule has 1 saturated heterocycles. The maximum absolute atomic E-state index is 12.6. The van der Waals surface area contributed by atoms with Crippen molar-refractivity contribution in [3.05, 3.63) is 36.0 Å². The molecule has 1 N–H and O–H groups in total. The van der Waals surface area contributed by atoms with Crippen molar-refractivity contribution >= 4 is 26.6 Å². The second-order valence-electron chi connectivity index (χ2n) is 6.50. The van der Waals surface area contributed by atoms with Gasteiger partial charge >= 0.3 is 0 Å². The Morgan fingerprint density at radius 1 is 1.31 bits per heavy atom. The number of sulfonamides is 1. The highest BCUT2D eigenvalue weighted by atomic mass is 32.2. The number of anilines is 1. The van der Waals surface area contributed by atoms with Gasteiger partial charge in [-0.2, -0.15) is 9.57 Å². The molecule has 0 aliphatic carbocycles. The fraction of sp³-hybridized carbons (Fsp3) is 0.444. The summed E-state index contributed by atoms with van der Waals surface area (Å²) in [6.07, 6.45) is -0.215. The second kappa shape index (κ2) is 7.58. The first-order valence-electron chi connectivity index (χ1n) is 8.56. The average molecular weight is 374 g/mol. The number of nitrogens with zero attached hydrogens (tertiary/aromatic N) is 3. The van der Waals surface area contributed by atoms with Gasteiger partial charge < -0.3 is 10.1 Å². The fourth-order valence-electron chi connectivity index (χ4n) is 3.18. The van der Waals surface area contributed by atoms with Crippen molar-refractivity contribution < 1.29 is 13.2 Å². The molecule has 7 nitrogen and oxygen atoms in total. The highest BCUT2D eigenvalue weighted by molar-refractivity contribution is 7.89. The SMILES string of the molecule is CC1CN(S(=O)(=O)CCNc2cc(C#N)nc3ccccc23)CC(C)O1. The summed E-state index contributed by atoms with van der Waals surface area (Å²) in [4.78, 5) is 4.26. The first kappa shape index (κ1) is 18.6. The number of hydrogen-bond donors (Lipinski definition) is 1. The molecule has 1 fully saturated rings. The molecule has 1 aromatic heterocycles. The third-order valence-corrected chi connectivity index (χ3v) is 6.09. The van der Waals surface area contributed by atoms with E-state index in [1.807, 2.05) is 44.2 Å². The van der Waals surface area contributed by atoms with Crippen LogP contribution in [0.25, 0.3) is 10.9 Å². The number of aromatic nitrogens is 1. The smallest absolute Gasteiger partial charge is 0.216 e. The van der Waals surface area contributed by atoms with Crippen LogP contribution in [0.3, 0.4) is 0 Å². The van der Waals surface area contributed by atoms with E-state index in [-0.39, 0.29) is 24.5 Å². The van der Waals surface area contributed by atoms with E-state index in [9.17, 15) is 8.42 Å². The molecule has 138 valence electrons. The third-order valence-electron chi connectivity index (χ3n) is 4.29. The lowest BCUT2D eigenvalue weighted by Crippen LogP contribution is -2.49. The van der Waals surface area contributed by atoms with Gasteiger partial charge in [-0.3, -0.25) is 0 Å². The lowest BCUT2D eigenvalue weighted by molar-refractivity contribution is -0.0440. The Morgan fingerprint density at radius 3 is 2.69 bits per heavy atom. The van der Waals surface area contributed by atoms with E-state index in [0.717, 1.165) is 5.39 Å². The Morgan fingerprint density at radius 2 is 2.00 bits per heavy atom. The van der Waals surface area contributed by atoms with E-state index >= 15 is 0 Å². The molecule has 0 bridgehead atoms. The van der Waals surface area contributed by atoms with Crippen molar-refractivity contribution in [3.8, 4) is 6.07 Å². The van der Waals surface area contributed by atoms with E-state index in [4.69, 9.17) is 10.00 Å². The predicted molar refractivity (Wildman–Crippen MR) is 100 cm³/mol. The fourth-order valence-corrected chi connectivity index (χ4v) is 4.67. The average Bonchev–Trinajstić information content (AvgIpc) is 2.60. The molecule has 2 aromatic rings. The number of benzene rings is 1. The summed E-state index contributed by atoms with van der Waals surface area (Å²) >= 11 is 0. The first-order valence-corrected chi connectivity index (χ1v) is 10.2. The van der Waals surface area contributed by atoms with Gasteiger partial charge in [-0.15, -0.1) is 0 Å². The van der Waals surface area contributed by atoms with Crippen LogP contribution in [0.15, 0.2) is 30.3 Å². The van der Waals surface area contributed by atoms with Gasteiger partial charge in [0, 0.05) is 30.7 Å². The standard InChI is InChI=1S/C18H22N4O3S/c1-13-11-22(12-14(2)25-13)26(23,24)8-7-20-18-9-15(10-19)21-17-6-4-3-5-16(17)18/h3-6,9,13-14H,7-8,11-12H2,1-2H3,(H,20,21). The molecule has 3 rings (SSSR count). The Kier molecular flexibility index (Phi) is 5.41. The summed E-state index contributed by atoms with van der Waals surface area (Å²) < 4.78 is 32.3. The van der Waals surface area contributed by atoms with Crippen LogP contribution in [0, 0.1) is 11.3 Å². The summed E-state index contributed by atoms with van der Waals surface area (Å²) in [5.41, 5.74) is 1.71. The minimum Gasteiger partial charge on any atom is -0.383 e. The topological polar surface area (TPSA) is 95.3 Å². The maximum atomic E-state index is 12.6. The summed E-state index contributed by atoms with van der Waals surface area (Å²) in [6, 6.07) is 11.1. The summed E-state index contributed by atoms with van der Waals surface area (Å²) in [5.74, 6) is -0.0228. The molecule has 8 heteroatoms. The van der Waals surface area contributed by atoms with Crippen LogP contribution in [0.4, 0.5) is 5.69 Å². The zero-order chi connectivity index (χ0) is 18.7. The van der Waals surface area contributed by atoms with Gasteiger partial charge in [-0.1, -0.05) is 18.2 Å². The van der Waals surface area contributed by atoms with Crippen LogP contribution in [0.5, 0.6) is 0 Å². The van der Waals surface area contributed by atoms with Gasteiger partial charge in [0.2, 0.25) is 10.0 Å². The van der Waals surface area contributed by atoms with Crippen molar-refractivity contribution in [3.63, 3.8) is 0 Å². The highest BCUT2D eigenvalue weighted by Gasteiger charge is 2.30. The van der Waals surface area contributed by atoms with E-state index in [1.165, 1.54) is 4.31 Å². The molecule has 1 aliphatic heterocycles. The molecule has 1 aromatic carbocycles. The number of fused-ring (bicyclic) bond motifs is 1. The third kappa shape index (κ3) is 4.12. The van der Waals surface area contributed by atoms with E-state index < -0.39 is 10.0 Å². The monoisotopic (exact) mass is 374 g/mol. The number of pyridine rings is 1. The van der Waals surface area contributed by atoms with Crippen LogP contribution in [-0.4, -0.2) is 55.3 Å². The molecule has 26 heavy (non-hydrogen) atoms. The zero-order valence-electron chi connectivity index (χ0n) is 14.8. The van der Waals surface area contributed by atoms with E-state index in [0.29, 0.717) is 30.0 Å². The Bertz CT molecular complexity index is 929. The van der Waals surface area contributed by atoms with Crippen LogP contribution in [0.1, 0.15) is 19.5 Å². The van der Waals surface area contributed by atoms with E-state index in [1.54, 1.807) is 6.07 Å². The molecule has 0 spiro atoms. The maximum Gasteiger partial charge on any atom is 0.216 e. The quantitative estimate of drug-likeness (QED) is 0.859. The lowest BCUT2D eigenvalue weighted by atomic mass is 10.1. The lowest BCUT2D eigenvalue weighted by Gasteiger charge is -2.34. The van der Waals surface area contributed by atoms with Crippen LogP contribution >= 0.6 is 0 Å². The zero-order valence-corrected chi connectivity index (χ0v) is 15.7. The van der Waals surface area contributed by atoms with Crippen molar-refractivity contribution in [2.45, 2.75) is 26.1 Å². The van der Waals surface area contributed by atoms with Crippen molar-refractivity contribution in [2.24, 2.45) is 0 Å². The minimum absolute atomic E-state index is 0.0228. The molecule has 1 aliphatic rings. The van der Waals surface area contributed by atoms with Gasteiger partial charge in [0.25, 0.3) is 0 Å². The number of rotatable bonds is 5. The predicted octanol–water partition coefficient (Wildman–Crippen LogP) is 1.96. The molecular weight excluding hydrogens is 352 g/mol. The number of morpholine rings is 1. The Hall–Kier alpha value is -2.21. The highest BCUT2D eigenvalue weighted by Crippen LogP contribution is 2.23. The van der Waals surface area contributed by atoms with Crippen molar-refractivity contribution in [1.82, 2.24) is 9.29 Å². The summed E-state index contributed by atoms with van der Waals surface area (Å²) in [5, 5.41) is 13.2. The summed E-state index contributed by atoms with van der Waals surface area (Å²) in [7, 11) is -3.38. The molecular formula is C18H22N4O3S. The van der Waals surface area contributed by atoms with E-state index in [2.05, 4.69) is 10.3 Å². The minimum atomic E-state index is -3.38. The number of ether oxygens (including phenoxy) is 1. The van der Waals surface area contributed by atoms with Gasteiger partial charge in [0.1, 0.15) is 11.8 Å². The van der Waals surface area contributed by atoms with Crippen LogP contribution in [-0.2, 0) is 14.8 Å². The number of nitriles is 1. The van der Waals surface area contributed by atoms with Gasteiger partial charge in [-0.25, -0.2) is 13.4 Å². The van der Waals surface area contributed by atoms with Gasteiger partial charge in [-0.05, 0) is 26.0 Å². The normalized spacial score (nSPS) is 21.4. The van der Waals surface area contributed by atoms with Gasteiger partial charge in [0.05, 0.1) is 23.5 Å². The number of para-hydroxylation sites is 1. The molecule has 2 atom stereocenters. The molecule has 2 unspecified atom stereocenters.